The summed E-state index contributed by atoms with van der Waals surface area (Å²) in [6, 6.07) is 10.9. The molecule has 1 unspecified atom stereocenters. The minimum absolute atomic E-state index is 0.0704. The first-order valence-corrected chi connectivity index (χ1v) is 11.7. The van der Waals surface area contributed by atoms with Gasteiger partial charge in [-0.1, -0.05) is 35.9 Å². The summed E-state index contributed by atoms with van der Waals surface area (Å²) in [7, 11) is 0. The van der Waals surface area contributed by atoms with Crippen molar-refractivity contribution in [1.29, 1.82) is 0 Å². The summed E-state index contributed by atoms with van der Waals surface area (Å²) in [6.07, 6.45) is 1.99. The average molecular weight is 514 g/mol. The van der Waals surface area contributed by atoms with Crippen molar-refractivity contribution in [2.45, 2.75) is 32.2 Å². The monoisotopic (exact) mass is 513 g/mol. The number of nitrogens with zero attached hydrogens (tertiary/aromatic N) is 3. The number of carbonyl (C=O) groups is 3. The Labute approximate surface area is 211 Å². The Morgan fingerprint density at radius 2 is 2.00 bits per heavy atom. The van der Waals surface area contributed by atoms with Crippen LogP contribution in [0.5, 0.6) is 0 Å². The smallest absolute Gasteiger partial charge is 0.311 e. The Balaban J connectivity index is 1.58. The molecule has 4 rings (SSSR count). The van der Waals surface area contributed by atoms with Gasteiger partial charge >= 0.3 is 5.97 Å². The number of benzene rings is 2. The standard InChI is InChI=1S/C25H25ClFN5O4/c1-15(33)32-9-8-25(14-32,24(35)36)12-19(29-23(34)22-13-28-31-30-22)10-16-2-4-17(5-3-16)20-11-18(26)6-7-21(20)27/h2-7,11,13,19H,8-10,12,14H2,1H3,(H,29,34)(H,35,36)(H,28,30,31)/t19-,25?/m0/s1. The molecule has 11 heteroatoms. The summed E-state index contributed by atoms with van der Waals surface area (Å²) < 4.78 is 14.3. The highest BCUT2D eigenvalue weighted by molar-refractivity contribution is 6.30. The van der Waals surface area contributed by atoms with Crippen LogP contribution in [0.4, 0.5) is 4.39 Å². The molecule has 2 atom stereocenters. The average Bonchev–Trinajstić information content (AvgIpc) is 3.53. The molecule has 0 bridgehead atoms. The molecule has 0 saturated carbocycles. The van der Waals surface area contributed by atoms with Crippen LogP contribution in [0.2, 0.25) is 5.02 Å². The van der Waals surface area contributed by atoms with E-state index in [0.717, 1.165) is 5.56 Å². The highest BCUT2D eigenvalue weighted by Gasteiger charge is 2.47. The number of carboxylic acid groups (broad SMARTS) is 1. The Kier molecular flexibility index (Phi) is 7.35. The molecule has 0 aliphatic carbocycles. The number of nitrogens with one attached hydrogen (secondary N) is 2. The molecule has 188 valence electrons. The molecule has 2 aromatic carbocycles. The van der Waals surface area contributed by atoms with Crippen molar-refractivity contribution in [2.24, 2.45) is 5.41 Å². The topological polar surface area (TPSA) is 128 Å². The van der Waals surface area contributed by atoms with Gasteiger partial charge < -0.3 is 15.3 Å². The molecule has 1 aliphatic rings. The molecule has 3 aromatic rings. The fourth-order valence-corrected chi connectivity index (χ4v) is 4.78. The van der Waals surface area contributed by atoms with Gasteiger partial charge in [-0.2, -0.15) is 15.4 Å². The SMILES string of the molecule is CC(=O)N1CCC(C[C@H](Cc2ccc(-c3cc(Cl)ccc3F)cc2)NC(=O)c2cn[nH]n2)(C(=O)O)C1. The van der Waals surface area contributed by atoms with E-state index in [4.69, 9.17) is 11.6 Å². The van der Waals surface area contributed by atoms with Gasteiger partial charge in [-0.05, 0) is 48.6 Å². The lowest BCUT2D eigenvalue weighted by molar-refractivity contribution is -0.149. The van der Waals surface area contributed by atoms with Gasteiger partial charge in [-0.25, -0.2) is 4.39 Å². The Morgan fingerprint density at radius 1 is 1.25 bits per heavy atom. The first-order valence-electron chi connectivity index (χ1n) is 11.4. The maximum absolute atomic E-state index is 14.3. The summed E-state index contributed by atoms with van der Waals surface area (Å²) in [5.74, 6) is -2.10. The van der Waals surface area contributed by atoms with Crippen molar-refractivity contribution in [1.82, 2.24) is 25.6 Å². The highest BCUT2D eigenvalue weighted by atomic mass is 35.5. The summed E-state index contributed by atoms with van der Waals surface area (Å²) >= 11 is 6.02. The first kappa shape index (κ1) is 25.3. The van der Waals surface area contributed by atoms with Crippen LogP contribution in [0.25, 0.3) is 11.1 Å². The number of carbonyl (C=O) groups excluding carboxylic acids is 2. The van der Waals surface area contributed by atoms with Gasteiger partial charge in [0.1, 0.15) is 5.82 Å². The van der Waals surface area contributed by atoms with E-state index in [2.05, 4.69) is 20.7 Å². The maximum Gasteiger partial charge on any atom is 0.311 e. The van der Waals surface area contributed by atoms with Crippen molar-refractivity contribution < 1.29 is 23.9 Å². The number of hydrogen-bond donors (Lipinski definition) is 3. The van der Waals surface area contributed by atoms with E-state index in [0.29, 0.717) is 29.1 Å². The summed E-state index contributed by atoms with van der Waals surface area (Å²) in [5, 5.41) is 23.2. The lowest BCUT2D eigenvalue weighted by Crippen LogP contribution is -2.45. The Morgan fingerprint density at radius 3 is 2.61 bits per heavy atom. The maximum atomic E-state index is 14.3. The van der Waals surface area contributed by atoms with Gasteiger partial charge in [0.15, 0.2) is 5.69 Å². The number of aromatic nitrogens is 3. The van der Waals surface area contributed by atoms with E-state index in [-0.39, 0.29) is 31.0 Å². The van der Waals surface area contributed by atoms with Gasteiger partial charge in [0.2, 0.25) is 5.91 Å². The Bertz CT molecular complexity index is 1270. The molecule has 1 aromatic heterocycles. The van der Waals surface area contributed by atoms with Crippen LogP contribution < -0.4 is 5.32 Å². The highest BCUT2D eigenvalue weighted by Crippen LogP contribution is 2.36. The molecule has 0 spiro atoms. The van der Waals surface area contributed by atoms with E-state index < -0.39 is 29.2 Å². The number of likely N-dealkylation sites (tertiary alicyclic amines) is 1. The zero-order chi connectivity index (χ0) is 25.9. The molecule has 2 heterocycles. The van der Waals surface area contributed by atoms with Crippen LogP contribution in [0.15, 0.2) is 48.7 Å². The zero-order valence-electron chi connectivity index (χ0n) is 19.5. The molecular formula is C25H25ClFN5O4. The van der Waals surface area contributed by atoms with Crippen LogP contribution in [0.1, 0.15) is 35.8 Å². The minimum atomic E-state index is -1.20. The lowest BCUT2D eigenvalue weighted by Gasteiger charge is -2.30. The predicted octanol–water partition coefficient (Wildman–Crippen LogP) is 3.32. The molecule has 0 radical (unpaired) electrons. The molecule has 9 nitrogen and oxygen atoms in total. The molecule has 1 fully saturated rings. The lowest BCUT2D eigenvalue weighted by atomic mass is 9.79. The molecule has 3 N–H and O–H groups in total. The van der Waals surface area contributed by atoms with E-state index in [1.165, 1.54) is 30.2 Å². The van der Waals surface area contributed by atoms with Crippen LogP contribution >= 0.6 is 11.6 Å². The third-order valence-electron chi connectivity index (χ3n) is 6.55. The largest absolute Gasteiger partial charge is 0.481 e. The van der Waals surface area contributed by atoms with Gasteiger partial charge in [-0.3, -0.25) is 14.4 Å². The Hall–Kier alpha value is -3.79. The number of amides is 2. The second kappa shape index (κ2) is 10.4. The number of aliphatic carboxylic acids is 1. The summed E-state index contributed by atoms with van der Waals surface area (Å²) in [5.41, 5.74) is 0.695. The summed E-state index contributed by atoms with van der Waals surface area (Å²) in [4.78, 5) is 38.4. The zero-order valence-corrected chi connectivity index (χ0v) is 20.3. The van der Waals surface area contributed by atoms with Crippen LogP contribution in [0.3, 0.4) is 0 Å². The fourth-order valence-electron chi connectivity index (χ4n) is 4.61. The van der Waals surface area contributed by atoms with Gasteiger partial charge in [0.05, 0.1) is 11.6 Å². The number of rotatable bonds is 8. The van der Waals surface area contributed by atoms with E-state index >= 15 is 0 Å². The van der Waals surface area contributed by atoms with Crippen LogP contribution in [-0.4, -0.2) is 62.3 Å². The van der Waals surface area contributed by atoms with E-state index in [1.807, 2.05) is 0 Å². The fraction of sp³-hybridized carbons (Fsp3) is 0.320. The molecule has 2 amide bonds. The number of aromatic amines is 1. The van der Waals surface area contributed by atoms with E-state index in [9.17, 15) is 23.9 Å². The predicted molar refractivity (Wildman–Crippen MR) is 130 cm³/mol. The third kappa shape index (κ3) is 5.54. The molecule has 36 heavy (non-hydrogen) atoms. The number of H-pyrrole nitrogens is 1. The number of halogens is 2. The van der Waals surface area contributed by atoms with Crippen LogP contribution in [-0.2, 0) is 16.0 Å². The van der Waals surface area contributed by atoms with Gasteiger partial charge in [-0.15, -0.1) is 0 Å². The number of hydrogen-bond acceptors (Lipinski definition) is 5. The van der Waals surface area contributed by atoms with Gasteiger partial charge in [0, 0.05) is 36.6 Å². The van der Waals surface area contributed by atoms with Crippen molar-refractivity contribution in [3.63, 3.8) is 0 Å². The van der Waals surface area contributed by atoms with Crippen molar-refractivity contribution in [3.8, 4) is 11.1 Å². The first-order chi connectivity index (χ1) is 17.2. The normalized spacial score (nSPS) is 18.1. The minimum Gasteiger partial charge on any atom is -0.481 e. The second-order valence-corrected chi connectivity index (χ2v) is 9.47. The second-order valence-electron chi connectivity index (χ2n) is 9.03. The van der Waals surface area contributed by atoms with Crippen LogP contribution in [0, 0.1) is 11.2 Å². The number of carboxylic acids is 1. The summed E-state index contributed by atoms with van der Waals surface area (Å²) in [6.45, 7) is 1.82. The van der Waals surface area contributed by atoms with Crippen molar-refractivity contribution >= 4 is 29.4 Å². The van der Waals surface area contributed by atoms with E-state index in [1.54, 1.807) is 30.3 Å². The molecule has 1 aliphatic heterocycles. The molecular weight excluding hydrogens is 489 g/mol. The third-order valence-corrected chi connectivity index (χ3v) is 6.78. The van der Waals surface area contributed by atoms with Gasteiger partial charge in [0.25, 0.3) is 5.91 Å². The quantitative estimate of drug-likeness (QED) is 0.424. The molecule has 1 saturated heterocycles. The van der Waals surface area contributed by atoms with Crippen molar-refractivity contribution in [2.75, 3.05) is 13.1 Å². The van der Waals surface area contributed by atoms with Crippen molar-refractivity contribution in [3.05, 3.63) is 70.8 Å².